The third-order valence-corrected chi connectivity index (χ3v) is 5.79. The highest BCUT2D eigenvalue weighted by Gasteiger charge is 2.41. The lowest BCUT2D eigenvalue weighted by Crippen LogP contribution is -2.53. The van der Waals surface area contributed by atoms with Crippen LogP contribution in [0.2, 0.25) is 0 Å². The molecule has 2 amide bonds. The first-order valence-electron chi connectivity index (χ1n) is 9.82. The SMILES string of the molecule is O=C(NC1CCN(Cc2ccccc2)CC1)N1CCC2(CC1)OCCO2. The van der Waals surface area contributed by atoms with Gasteiger partial charge in [0.05, 0.1) is 13.2 Å². The molecule has 3 fully saturated rings. The zero-order chi connectivity index (χ0) is 17.8. The molecule has 1 N–H and O–H groups in total. The number of hydrogen-bond donors (Lipinski definition) is 1. The Morgan fingerprint density at radius 3 is 2.35 bits per heavy atom. The first-order chi connectivity index (χ1) is 12.7. The molecule has 3 aliphatic heterocycles. The molecule has 0 unspecified atom stereocenters. The van der Waals surface area contributed by atoms with Crippen molar-refractivity contribution in [2.24, 2.45) is 0 Å². The summed E-state index contributed by atoms with van der Waals surface area (Å²) in [6, 6.07) is 10.9. The summed E-state index contributed by atoms with van der Waals surface area (Å²) in [5, 5.41) is 3.23. The molecule has 1 aromatic rings. The second kappa shape index (κ2) is 7.94. The fraction of sp³-hybridized carbons (Fsp3) is 0.650. The van der Waals surface area contributed by atoms with Gasteiger partial charge in [-0.15, -0.1) is 0 Å². The summed E-state index contributed by atoms with van der Waals surface area (Å²) < 4.78 is 11.5. The van der Waals surface area contributed by atoms with Crippen molar-refractivity contribution in [1.82, 2.24) is 15.1 Å². The number of carbonyl (C=O) groups excluding carboxylic acids is 1. The van der Waals surface area contributed by atoms with E-state index in [1.165, 1.54) is 5.56 Å². The van der Waals surface area contributed by atoms with Crippen LogP contribution in [0.4, 0.5) is 4.79 Å². The first kappa shape index (κ1) is 17.8. The number of piperidine rings is 2. The minimum atomic E-state index is -0.417. The van der Waals surface area contributed by atoms with Gasteiger partial charge in [0.1, 0.15) is 0 Å². The monoisotopic (exact) mass is 359 g/mol. The molecule has 3 aliphatic rings. The van der Waals surface area contributed by atoms with Gasteiger partial charge < -0.3 is 19.7 Å². The van der Waals surface area contributed by atoms with E-state index in [1.54, 1.807) is 0 Å². The molecule has 142 valence electrons. The number of rotatable bonds is 3. The molecule has 6 nitrogen and oxygen atoms in total. The van der Waals surface area contributed by atoms with E-state index in [-0.39, 0.29) is 12.1 Å². The molecule has 6 heteroatoms. The summed E-state index contributed by atoms with van der Waals surface area (Å²) in [4.78, 5) is 16.9. The highest BCUT2D eigenvalue weighted by atomic mass is 16.7. The van der Waals surface area contributed by atoms with Gasteiger partial charge in [-0.3, -0.25) is 4.90 Å². The third kappa shape index (κ3) is 4.19. The van der Waals surface area contributed by atoms with Gasteiger partial charge in [-0.1, -0.05) is 30.3 Å². The summed E-state index contributed by atoms with van der Waals surface area (Å²) in [6.45, 7) is 5.82. The number of urea groups is 1. The van der Waals surface area contributed by atoms with E-state index < -0.39 is 5.79 Å². The number of amides is 2. The van der Waals surface area contributed by atoms with Crippen molar-refractivity contribution in [2.75, 3.05) is 39.4 Å². The van der Waals surface area contributed by atoms with E-state index in [9.17, 15) is 4.79 Å². The molecular formula is C20H29N3O3. The van der Waals surface area contributed by atoms with Crippen LogP contribution >= 0.6 is 0 Å². The number of hydrogen-bond acceptors (Lipinski definition) is 4. The summed E-state index contributed by atoms with van der Waals surface area (Å²) in [7, 11) is 0. The number of nitrogens with zero attached hydrogens (tertiary/aromatic N) is 2. The van der Waals surface area contributed by atoms with Crippen LogP contribution in [0, 0.1) is 0 Å². The Kier molecular flexibility index (Phi) is 5.43. The van der Waals surface area contributed by atoms with Gasteiger partial charge in [-0.25, -0.2) is 4.79 Å². The maximum Gasteiger partial charge on any atom is 0.317 e. The Bertz CT molecular complexity index is 586. The largest absolute Gasteiger partial charge is 0.347 e. The van der Waals surface area contributed by atoms with E-state index in [0.29, 0.717) is 26.3 Å². The average molecular weight is 359 g/mol. The van der Waals surface area contributed by atoms with Crippen LogP contribution in [0.15, 0.2) is 30.3 Å². The van der Waals surface area contributed by atoms with Gasteiger partial charge in [-0.05, 0) is 18.4 Å². The minimum absolute atomic E-state index is 0.0688. The molecule has 0 aliphatic carbocycles. The molecule has 4 rings (SSSR count). The lowest BCUT2D eigenvalue weighted by molar-refractivity contribution is -0.181. The fourth-order valence-corrected chi connectivity index (χ4v) is 4.18. The molecule has 1 spiro atoms. The predicted octanol–water partition coefficient (Wildman–Crippen LogP) is 2.20. The van der Waals surface area contributed by atoms with Crippen LogP contribution < -0.4 is 5.32 Å². The van der Waals surface area contributed by atoms with Crippen molar-refractivity contribution in [2.45, 2.75) is 44.1 Å². The molecular weight excluding hydrogens is 330 g/mol. The average Bonchev–Trinajstić information content (AvgIpc) is 3.13. The second-order valence-corrected chi connectivity index (χ2v) is 7.58. The van der Waals surface area contributed by atoms with Gasteiger partial charge in [-0.2, -0.15) is 0 Å². The van der Waals surface area contributed by atoms with Crippen molar-refractivity contribution >= 4 is 6.03 Å². The highest BCUT2D eigenvalue weighted by molar-refractivity contribution is 5.74. The molecule has 3 saturated heterocycles. The Labute approximate surface area is 155 Å². The lowest BCUT2D eigenvalue weighted by Gasteiger charge is -2.39. The van der Waals surface area contributed by atoms with Gasteiger partial charge in [0.15, 0.2) is 5.79 Å². The number of carbonyl (C=O) groups is 1. The minimum Gasteiger partial charge on any atom is -0.347 e. The molecule has 0 bridgehead atoms. The van der Waals surface area contributed by atoms with E-state index in [0.717, 1.165) is 45.3 Å². The quantitative estimate of drug-likeness (QED) is 0.899. The second-order valence-electron chi connectivity index (χ2n) is 7.58. The summed E-state index contributed by atoms with van der Waals surface area (Å²) >= 11 is 0. The molecule has 1 aromatic carbocycles. The Hall–Kier alpha value is -1.63. The molecule has 0 aromatic heterocycles. The van der Waals surface area contributed by atoms with Crippen molar-refractivity contribution in [3.8, 4) is 0 Å². The maximum atomic E-state index is 12.6. The Balaban J connectivity index is 1.19. The van der Waals surface area contributed by atoms with Crippen molar-refractivity contribution in [3.05, 3.63) is 35.9 Å². The highest BCUT2D eigenvalue weighted by Crippen LogP contribution is 2.31. The van der Waals surface area contributed by atoms with Gasteiger partial charge in [0.2, 0.25) is 0 Å². The van der Waals surface area contributed by atoms with Crippen molar-refractivity contribution < 1.29 is 14.3 Å². The van der Waals surface area contributed by atoms with E-state index in [4.69, 9.17) is 9.47 Å². The number of benzene rings is 1. The van der Waals surface area contributed by atoms with Crippen LogP contribution in [-0.4, -0.2) is 67.1 Å². The van der Waals surface area contributed by atoms with E-state index >= 15 is 0 Å². The molecule has 26 heavy (non-hydrogen) atoms. The fourth-order valence-electron chi connectivity index (χ4n) is 4.18. The topological polar surface area (TPSA) is 54.0 Å². The lowest BCUT2D eigenvalue weighted by atomic mass is 10.0. The third-order valence-electron chi connectivity index (χ3n) is 5.79. The smallest absolute Gasteiger partial charge is 0.317 e. The summed E-state index contributed by atoms with van der Waals surface area (Å²) in [5.41, 5.74) is 1.36. The van der Waals surface area contributed by atoms with Gasteiger partial charge >= 0.3 is 6.03 Å². The molecule has 3 heterocycles. The molecule has 0 saturated carbocycles. The summed E-state index contributed by atoms with van der Waals surface area (Å²) in [5.74, 6) is -0.417. The summed E-state index contributed by atoms with van der Waals surface area (Å²) in [6.07, 6.45) is 3.58. The van der Waals surface area contributed by atoms with Gasteiger partial charge in [0.25, 0.3) is 0 Å². The predicted molar refractivity (Wildman–Crippen MR) is 98.7 cm³/mol. The number of nitrogens with one attached hydrogen (secondary N) is 1. The Morgan fingerprint density at radius 2 is 1.69 bits per heavy atom. The zero-order valence-corrected chi connectivity index (χ0v) is 15.4. The zero-order valence-electron chi connectivity index (χ0n) is 15.4. The first-order valence-corrected chi connectivity index (χ1v) is 9.82. The standard InChI is InChI=1S/C20H29N3O3/c24-19(23-12-8-20(9-13-23)25-14-15-26-20)21-18-6-10-22(11-7-18)16-17-4-2-1-3-5-17/h1-5,18H,6-16H2,(H,21,24). The van der Waals surface area contributed by atoms with Crippen LogP contribution in [0.25, 0.3) is 0 Å². The van der Waals surface area contributed by atoms with Crippen LogP contribution in [0.5, 0.6) is 0 Å². The number of ether oxygens (including phenoxy) is 2. The molecule has 0 radical (unpaired) electrons. The van der Waals surface area contributed by atoms with Crippen LogP contribution in [0.3, 0.4) is 0 Å². The van der Waals surface area contributed by atoms with Crippen LogP contribution in [-0.2, 0) is 16.0 Å². The van der Waals surface area contributed by atoms with Crippen LogP contribution in [0.1, 0.15) is 31.2 Å². The van der Waals surface area contributed by atoms with Crippen molar-refractivity contribution in [1.29, 1.82) is 0 Å². The van der Waals surface area contributed by atoms with E-state index in [2.05, 4.69) is 40.5 Å². The van der Waals surface area contributed by atoms with Crippen molar-refractivity contribution in [3.63, 3.8) is 0 Å². The van der Waals surface area contributed by atoms with Gasteiger partial charge in [0, 0.05) is 51.6 Å². The van der Waals surface area contributed by atoms with E-state index in [1.807, 2.05) is 4.90 Å². The molecule has 0 atom stereocenters. The Morgan fingerprint density at radius 1 is 1.04 bits per heavy atom. The maximum absolute atomic E-state index is 12.6. The number of likely N-dealkylation sites (tertiary alicyclic amines) is 2. The normalized spacial score (nSPS) is 24.1.